The van der Waals surface area contributed by atoms with Crippen molar-refractivity contribution in [3.63, 3.8) is 0 Å². The molecule has 1 aliphatic rings. The summed E-state index contributed by atoms with van der Waals surface area (Å²) in [4.78, 5) is 18.2. The van der Waals surface area contributed by atoms with Crippen molar-refractivity contribution < 1.29 is 0 Å². The van der Waals surface area contributed by atoms with Crippen LogP contribution >= 0.6 is 0 Å². The lowest BCUT2D eigenvalue weighted by Gasteiger charge is -2.34. The summed E-state index contributed by atoms with van der Waals surface area (Å²) in [5.41, 5.74) is 7.01. The highest BCUT2D eigenvalue weighted by Gasteiger charge is 2.15. The summed E-state index contributed by atoms with van der Waals surface area (Å²) in [6, 6.07) is 18.8. The third kappa shape index (κ3) is 3.87. The number of nitrogens with zero attached hydrogens (tertiary/aromatic N) is 6. The number of anilines is 1. The van der Waals surface area contributed by atoms with Gasteiger partial charge in [0.05, 0.1) is 17.2 Å². The molecule has 6 rings (SSSR count). The van der Waals surface area contributed by atoms with Gasteiger partial charge in [0.25, 0.3) is 0 Å². The van der Waals surface area contributed by atoms with Crippen molar-refractivity contribution in [2.75, 3.05) is 38.1 Å². The molecule has 5 aromatic rings. The fourth-order valence-electron chi connectivity index (χ4n) is 4.44. The van der Waals surface area contributed by atoms with E-state index in [4.69, 9.17) is 0 Å². The number of benzene rings is 2. The van der Waals surface area contributed by atoms with Gasteiger partial charge in [-0.3, -0.25) is 14.5 Å². The zero-order chi connectivity index (χ0) is 22.9. The Balaban J connectivity index is 1.38. The molecule has 0 unspecified atom stereocenters. The maximum Gasteiger partial charge on any atom is 0.108 e. The van der Waals surface area contributed by atoms with E-state index in [9.17, 15) is 0 Å². The highest BCUT2D eigenvalue weighted by atomic mass is 15.2. The van der Waals surface area contributed by atoms with Crippen LogP contribution in [0.3, 0.4) is 0 Å². The topological polar surface area (TPSA) is 50.1 Å². The Hall–Kier alpha value is -4.21. The van der Waals surface area contributed by atoms with Gasteiger partial charge in [0.2, 0.25) is 0 Å². The molecule has 0 bridgehead atoms. The molecule has 0 radical (unpaired) electrons. The smallest absolute Gasteiger partial charge is 0.108 e. The molecule has 0 spiro atoms. The van der Waals surface area contributed by atoms with Gasteiger partial charge in [-0.05, 0) is 61.6 Å². The predicted octanol–water partition coefficient (Wildman–Crippen LogP) is 4.12. The van der Waals surface area contributed by atoms with Crippen LogP contribution in [0, 0.1) is 11.8 Å². The zero-order valence-corrected chi connectivity index (χ0v) is 19.0. The van der Waals surface area contributed by atoms with Crippen LogP contribution in [0.5, 0.6) is 0 Å². The molecular formula is C28H24N6. The van der Waals surface area contributed by atoms with Crippen molar-refractivity contribution in [3.05, 3.63) is 90.6 Å². The summed E-state index contributed by atoms with van der Waals surface area (Å²) in [5.74, 6) is 6.45. The van der Waals surface area contributed by atoms with Gasteiger partial charge >= 0.3 is 0 Å². The van der Waals surface area contributed by atoms with E-state index in [1.807, 2.05) is 36.8 Å². The van der Waals surface area contributed by atoms with Gasteiger partial charge < -0.3 is 9.80 Å². The Morgan fingerprint density at radius 2 is 1.56 bits per heavy atom. The zero-order valence-electron chi connectivity index (χ0n) is 19.0. The van der Waals surface area contributed by atoms with Crippen LogP contribution in [0.15, 0.2) is 79.5 Å². The maximum absolute atomic E-state index is 4.63. The molecule has 6 heteroatoms. The first-order valence-electron chi connectivity index (χ1n) is 11.5. The Bertz CT molecular complexity index is 1520. The van der Waals surface area contributed by atoms with Crippen LogP contribution in [0.1, 0.15) is 11.1 Å². The van der Waals surface area contributed by atoms with Crippen LogP contribution in [0.2, 0.25) is 0 Å². The maximum atomic E-state index is 4.63. The van der Waals surface area contributed by atoms with E-state index >= 15 is 0 Å². The van der Waals surface area contributed by atoms with E-state index in [-0.39, 0.29) is 0 Å². The van der Waals surface area contributed by atoms with E-state index in [0.29, 0.717) is 0 Å². The average Bonchev–Trinajstić information content (AvgIpc) is 3.33. The van der Waals surface area contributed by atoms with Gasteiger partial charge in [-0.1, -0.05) is 11.8 Å². The van der Waals surface area contributed by atoms with E-state index < -0.39 is 0 Å². The monoisotopic (exact) mass is 444 g/mol. The van der Waals surface area contributed by atoms with Crippen molar-refractivity contribution in [2.45, 2.75) is 0 Å². The van der Waals surface area contributed by atoms with Crippen LogP contribution in [0.25, 0.3) is 27.6 Å². The van der Waals surface area contributed by atoms with E-state index in [1.165, 1.54) is 5.69 Å². The highest BCUT2D eigenvalue weighted by molar-refractivity contribution is 6.03. The molecule has 0 saturated carbocycles. The summed E-state index contributed by atoms with van der Waals surface area (Å²) in [6.07, 6.45) is 7.25. The lowest BCUT2D eigenvalue weighted by Crippen LogP contribution is -2.44. The molecule has 2 aromatic carbocycles. The number of rotatable bonds is 2. The average molecular weight is 445 g/mol. The first kappa shape index (κ1) is 20.4. The molecule has 0 N–H and O–H groups in total. The molecule has 0 atom stereocenters. The normalized spacial score (nSPS) is 14.3. The molecule has 166 valence electrons. The Kier molecular flexibility index (Phi) is 5.17. The third-order valence-corrected chi connectivity index (χ3v) is 6.38. The number of pyridine rings is 2. The molecule has 1 aliphatic heterocycles. The first-order chi connectivity index (χ1) is 16.7. The van der Waals surface area contributed by atoms with Crippen molar-refractivity contribution in [1.82, 2.24) is 24.4 Å². The van der Waals surface area contributed by atoms with Gasteiger partial charge in [-0.25, -0.2) is 4.98 Å². The fraction of sp³-hybridized carbons (Fsp3) is 0.179. The lowest BCUT2D eigenvalue weighted by atomic mass is 10.1. The molecule has 0 aliphatic carbocycles. The number of aromatic nitrogens is 4. The Morgan fingerprint density at radius 3 is 2.35 bits per heavy atom. The van der Waals surface area contributed by atoms with E-state index in [2.05, 4.69) is 78.5 Å². The van der Waals surface area contributed by atoms with Gasteiger partial charge in [0.1, 0.15) is 11.8 Å². The number of hydrogen-bond acceptors (Lipinski definition) is 5. The lowest BCUT2D eigenvalue weighted by molar-refractivity contribution is 0.313. The van der Waals surface area contributed by atoms with Crippen molar-refractivity contribution in [3.8, 4) is 17.5 Å². The predicted molar refractivity (Wildman–Crippen MR) is 136 cm³/mol. The van der Waals surface area contributed by atoms with Crippen molar-refractivity contribution in [1.29, 1.82) is 0 Å². The molecule has 34 heavy (non-hydrogen) atoms. The van der Waals surface area contributed by atoms with Crippen LogP contribution in [0.4, 0.5) is 5.69 Å². The molecule has 6 nitrogen and oxygen atoms in total. The van der Waals surface area contributed by atoms with Gasteiger partial charge in [-0.2, -0.15) is 0 Å². The second kappa shape index (κ2) is 8.62. The Morgan fingerprint density at radius 1 is 0.765 bits per heavy atom. The molecular weight excluding hydrogens is 420 g/mol. The summed E-state index contributed by atoms with van der Waals surface area (Å²) < 4.78 is 2.14. The molecule has 1 saturated heterocycles. The number of imidazole rings is 1. The number of likely N-dealkylation sites (N-methyl/N-ethyl adjacent to an activating group) is 1. The minimum absolute atomic E-state index is 0.869. The van der Waals surface area contributed by atoms with E-state index in [1.54, 1.807) is 12.4 Å². The fourth-order valence-corrected chi connectivity index (χ4v) is 4.44. The third-order valence-electron chi connectivity index (χ3n) is 6.38. The van der Waals surface area contributed by atoms with Gasteiger partial charge in [0, 0.05) is 66.5 Å². The van der Waals surface area contributed by atoms with Crippen LogP contribution < -0.4 is 4.90 Å². The minimum atomic E-state index is 0.869. The SMILES string of the molecule is CN1CCN(c2ccc(-n3cnc4cnc5ccc(C#Cc6cccnc6)cc5c43)cc2)CC1. The van der Waals surface area contributed by atoms with Gasteiger partial charge in [0.15, 0.2) is 0 Å². The molecule has 4 heterocycles. The van der Waals surface area contributed by atoms with Crippen LogP contribution in [-0.2, 0) is 0 Å². The van der Waals surface area contributed by atoms with Crippen LogP contribution in [-0.4, -0.2) is 57.6 Å². The molecule has 1 fully saturated rings. The van der Waals surface area contributed by atoms with Crippen molar-refractivity contribution >= 4 is 27.6 Å². The summed E-state index contributed by atoms with van der Waals surface area (Å²) in [5, 5.41) is 1.04. The number of piperazine rings is 1. The second-order valence-corrected chi connectivity index (χ2v) is 8.64. The molecule has 3 aromatic heterocycles. The van der Waals surface area contributed by atoms with Gasteiger partial charge in [-0.15, -0.1) is 0 Å². The summed E-state index contributed by atoms with van der Waals surface area (Å²) >= 11 is 0. The number of hydrogen-bond donors (Lipinski definition) is 0. The largest absolute Gasteiger partial charge is 0.369 e. The minimum Gasteiger partial charge on any atom is -0.369 e. The Labute approximate surface area is 198 Å². The number of fused-ring (bicyclic) bond motifs is 3. The standard InChI is InChI=1S/C28H24N6/c1-32-13-15-33(16-14-32)23-7-9-24(10-8-23)34-20-31-27-19-30-26-11-6-21(17-25(26)28(27)34)4-5-22-3-2-12-29-18-22/h2-3,6-12,17-20H,13-16H2,1H3. The summed E-state index contributed by atoms with van der Waals surface area (Å²) in [6.45, 7) is 4.31. The van der Waals surface area contributed by atoms with Crippen molar-refractivity contribution in [2.24, 2.45) is 0 Å². The summed E-state index contributed by atoms with van der Waals surface area (Å²) in [7, 11) is 2.18. The molecule has 0 amide bonds. The van der Waals surface area contributed by atoms with E-state index in [0.717, 1.165) is 64.9 Å². The second-order valence-electron chi connectivity index (χ2n) is 8.64. The highest BCUT2D eigenvalue weighted by Crippen LogP contribution is 2.27. The first-order valence-corrected chi connectivity index (χ1v) is 11.5. The quantitative estimate of drug-likeness (QED) is 0.384.